The van der Waals surface area contributed by atoms with Gasteiger partial charge < -0.3 is 0 Å². The maximum atomic E-state index is 3.91. The van der Waals surface area contributed by atoms with Gasteiger partial charge in [0.05, 0.1) is 0 Å². The van der Waals surface area contributed by atoms with Crippen molar-refractivity contribution in [1.29, 1.82) is 0 Å². The van der Waals surface area contributed by atoms with Crippen LogP contribution >= 0.6 is 0 Å². The molecule has 0 radical (unpaired) electrons. The Morgan fingerprint density at radius 2 is 2.40 bits per heavy atom. The van der Waals surface area contributed by atoms with E-state index < -0.39 is 0 Å². The molecule has 1 aliphatic rings. The van der Waals surface area contributed by atoms with E-state index in [4.69, 9.17) is 0 Å². The highest BCUT2D eigenvalue weighted by Crippen LogP contribution is 2.16. The van der Waals surface area contributed by atoms with Crippen molar-refractivity contribution in [3.63, 3.8) is 0 Å². The Kier molecular flexibility index (Phi) is 2.50. The Morgan fingerprint density at radius 3 is 2.80 bits per heavy atom. The molecule has 1 heterocycles. The standard InChI is InChI=1S/C9H17N/c1-8(2)7-10-6-4-5-9(10)3/h9H,1,4-7H2,2-3H3/t9-/m0/s1. The highest BCUT2D eigenvalue weighted by molar-refractivity contribution is 4.94. The SMILES string of the molecule is C=C(C)CN1CCC[C@@H]1C. The molecule has 1 rings (SSSR count). The van der Waals surface area contributed by atoms with E-state index in [1.807, 2.05) is 0 Å². The number of rotatable bonds is 2. The van der Waals surface area contributed by atoms with E-state index in [-0.39, 0.29) is 0 Å². The van der Waals surface area contributed by atoms with Gasteiger partial charge in [0.1, 0.15) is 0 Å². The highest BCUT2D eigenvalue weighted by atomic mass is 15.2. The highest BCUT2D eigenvalue weighted by Gasteiger charge is 2.18. The Hall–Kier alpha value is -0.300. The van der Waals surface area contributed by atoms with Gasteiger partial charge in [-0.1, -0.05) is 12.2 Å². The van der Waals surface area contributed by atoms with Gasteiger partial charge in [0.2, 0.25) is 0 Å². The molecule has 10 heavy (non-hydrogen) atoms. The summed E-state index contributed by atoms with van der Waals surface area (Å²) < 4.78 is 0. The second-order valence-corrected chi connectivity index (χ2v) is 3.42. The zero-order valence-electron chi connectivity index (χ0n) is 7.06. The second kappa shape index (κ2) is 3.20. The molecule has 0 aromatic heterocycles. The zero-order chi connectivity index (χ0) is 7.56. The van der Waals surface area contributed by atoms with Crippen molar-refractivity contribution in [3.8, 4) is 0 Å². The molecule has 1 fully saturated rings. The van der Waals surface area contributed by atoms with Gasteiger partial charge in [-0.15, -0.1) is 0 Å². The smallest absolute Gasteiger partial charge is 0.0190 e. The first-order chi connectivity index (χ1) is 4.70. The maximum absolute atomic E-state index is 3.91. The Balaban J connectivity index is 2.33. The summed E-state index contributed by atoms with van der Waals surface area (Å²) in [4.78, 5) is 2.50. The fraction of sp³-hybridized carbons (Fsp3) is 0.778. The van der Waals surface area contributed by atoms with E-state index >= 15 is 0 Å². The number of hydrogen-bond donors (Lipinski definition) is 0. The van der Waals surface area contributed by atoms with Gasteiger partial charge in [0.25, 0.3) is 0 Å². The third kappa shape index (κ3) is 1.84. The van der Waals surface area contributed by atoms with Crippen LogP contribution in [0, 0.1) is 0 Å². The minimum atomic E-state index is 0.789. The topological polar surface area (TPSA) is 3.24 Å². The van der Waals surface area contributed by atoms with Crippen LogP contribution in [0.5, 0.6) is 0 Å². The van der Waals surface area contributed by atoms with Crippen molar-refractivity contribution in [3.05, 3.63) is 12.2 Å². The summed E-state index contributed by atoms with van der Waals surface area (Å²) in [6.07, 6.45) is 2.74. The van der Waals surface area contributed by atoms with Gasteiger partial charge in [-0.05, 0) is 33.2 Å². The van der Waals surface area contributed by atoms with Crippen molar-refractivity contribution in [2.45, 2.75) is 32.7 Å². The third-order valence-corrected chi connectivity index (χ3v) is 2.16. The molecule has 0 bridgehead atoms. The van der Waals surface area contributed by atoms with Crippen LogP contribution in [0.1, 0.15) is 26.7 Å². The monoisotopic (exact) mass is 139 g/mol. The second-order valence-electron chi connectivity index (χ2n) is 3.42. The van der Waals surface area contributed by atoms with E-state index in [2.05, 4.69) is 25.3 Å². The number of hydrogen-bond acceptors (Lipinski definition) is 1. The van der Waals surface area contributed by atoms with E-state index in [9.17, 15) is 0 Å². The van der Waals surface area contributed by atoms with Crippen LogP contribution in [0.25, 0.3) is 0 Å². The van der Waals surface area contributed by atoms with Crippen LogP contribution in [0.3, 0.4) is 0 Å². The van der Waals surface area contributed by atoms with Crippen molar-refractivity contribution >= 4 is 0 Å². The predicted octanol–water partition coefficient (Wildman–Crippen LogP) is 2.05. The van der Waals surface area contributed by atoms with Crippen LogP contribution in [-0.2, 0) is 0 Å². The maximum Gasteiger partial charge on any atom is 0.0190 e. The molecule has 0 unspecified atom stereocenters. The first-order valence-electron chi connectivity index (χ1n) is 4.08. The average Bonchev–Trinajstić information content (AvgIpc) is 2.15. The van der Waals surface area contributed by atoms with Gasteiger partial charge in [-0.2, -0.15) is 0 Å². The van der Waals surface area contributed by atoms with Crippen molar-refractivity contribution in [1.82, 2.24) is 4.90 Å². The largest absolute Gasteiger partial charge is 0.297 e. The molecule has 0 N–H and O–H groups in total. The molecule has 0 aromatic carbocycles. The lowest BCUT2D eigenvalue weighted by molar-refractivity contribution is 0.292. The fourth-order valence-corrected chi connectivity index (χ4v) is 1.57. The molecule has 1 saturated heterocycles. The van der Waals surface area contributed by atoms with E-state index in [1.54, 1.807) is 0 Å². The summed E-state index contributed by atoms with van der Waals surface area (Å²) in [5.41, 5.74) is 1.29. The van der Waals surface area contributed by atoms with Gasteiger partial charge in [-0.25, -0.2) is 0 Å². The minimum absolute atomic E-state index is 0.789. The van der Waals surface area contributed by atoms with E-state index in [1.165, 1.54) is 25.0 Å². The van der Waals surface area contributed by atoms with Crippen LogP contribution in [0.4, 0.5) is 0 Å². The van der Waals surface area contributed by atoms with Crippen molar-refractivity contribution < 1.29 is 0 Å². The molecule has 58 valence electrons. The first-order valence-corrected chi connectivity index (χ1v) is 4.08. The normalized spacial score (nSPS) is 27.2. The van der Waals surface area contributed by atoms with Crippen LogP contribution < -0.4 is 0 Å². The molecule has 1 heteroatoms. The van der Waals surface area contributed by atoms with Crippen molar-refractivity contribution in [2.24, 2.45) is 0 Å². The van der Waals surface area contributed by atoms with E-state index in [0.717, 1.165) is 12.6 Å². The zero-order valence-corrected chi connectivity index (χ0v) is 7.06. The molecule has 0 aromatic rings. The minimum Gasteiger partial charge on any atom is -0.297 e. The van der Waals surface area contributed by atoms with Gasteiger partial charge in [0, 0.05) is 12.6 Å². The predicted molar refractivity (Wildman–Crippen MR) is 45.1 cm³/mol. The van der Waals surface area contributed by atoms with Crippen LogP contribution in [0.15, 0.2) is 12.2 Å². The number of likely N-dealkylation sites (tertiary alicyclic amines) is 1. The molecule has 0 saturated carbocycles. The quantitative estimate of drug-likeness (QED) is 0.529. The molecular formula is C9H17N. The van der Waals surface area contributed by atoms with Crippen LogP contribution in [0.2, 0.25) is 0 Å². The molecule has 0 amide bonds. The Labute approximate surface area is 63.7 Å². The van der Waals surface area contributed by atoms with E-state index in [0.29, 0.717) is 0 Å². The van der Waals surface area contributed by atoms with Crippen LogP contribution in [-0.4, -0.2) is 24.0 Å². The molecule has 1 aliphatic heterocycles. The molecule has 1 nitrogen and oxygen atoms in total. The fourth-order valence-electron chi connectivity index (χ4n) is 1.57. The molecular weight excluding hydrogens is 122 g/mol. The summed E-state index contributed by atoms with van der Waals surface area (Å²) >= 11 is 0. The summed E-state index contributed by atoms with van der Waals surface area (Å²) in [7, 11) is 0. The van der Waals surface area contributed by atoms with Crippen molar-refractivity contribution in [2.75, 3.05) is 13.1 Å². The summed E-state index contributed by atoms with van der Waals surface area (Å²) in [6.45, 7) is 10.7. The summed E-state index contributed by atoms with van der Waals surface area (Å²) in [5.74, 6) is 0. The molecule has 0 spiro atoms. The lowest BCUT2D eigenvalue weighted by Gasteiger charge is -2.20. The molecule has 0 aliphatic carbocycles. The summed E-state index contributed by atoms with van der Waals surface area (Å²) in [6, 6.07) is 0.789. The Bertz CT molecular complexity index is 129. The van der Waals surface area contributed by atoms with Gasteiger partial charge in [-0.3, -0.25) is 4.90 Å². The Morgan fingerprint density at radius 1 is 1.70 bits per heavy atom. The third-order valence-electron chi connectivity index (χ3n) is 2.16. The number of nitrogens with zero attached hydrogens (tertiary/aromatic N) is 1. The average molecular weight is 139 g/mol. The first kappa shape index (κ1) is 7.80. The lowest BCUT2D eigenvalue weighted by atomic mass is 10.2. The van der Waals surface area contributed by atoms with Gasteiger partial charge in [0.15, 0.2) is 0 Å². The molecule has 1 atom stereocenters. The van der Waals surface area contributed by atoms with Gasteiger partial charge >= 0.3 is 0 Å². The lowest BCUT2D eigenvalue weighted by Crippen LogP contribution is -2.28. The summed E-state index contributed by atoms with van der Waals surface area (Å²) in [5, 5.41) is 0.